The topological polar surface area (TPSA) is 107 Å². The zero-order valence-electron chi connectivity index (χ0n) is 7.63. The molecule has 1 heterocycles. The Bertz CT molecular complexity index is 365. The van der Waals surface area contributed by atoms with E-state index in [4.69, 9.17) is 5.73 Å². The number of hydroxylamine groups is 1. The summed E-state index contributed by atoms with van der Waals surface area (Å²) in [4.78, 5) is 24.8. The Balaban J connectivity index is 2.31. The van der Waals surface area contributed by atoms with Crippen molar-refractivity contribution in [2.45, 2.75) is 6.54 Å². The fourth-order valence-electron chi connectivity index (χ4n) is 0.808. The summed E-state index contributed by atoms with van der Waals surface area (Å²) >= 11 is 1.04. The van der Waals surface area contributed by atoms with Crippen LogP contribution in [0.2, 0.25) is 0 Å². The van der Waals surface area contributed by atoms with Crippen molar-refractivity contribution in [1.82, 2.24) is 5.48 Å². The maximum absolute atomic E-state index is 10.3. The molecule has 1 rings (SSSR count). The van der Waals surface area contributed by atoms with Gasteiger partial charge < -0.3 is 5.73 Å². The van der Waals surface area contributed by atoms with Crippen LogP contribution < -0.4 is 11.2 Å². The summed E-state index contributed by atoms with van der Waals surface area (Å²) < 4.78 is 0. The van der Waals surface area contributed by atoms with Crippen LogP contribution in [-0.2, 0) is 16.2 Å². The number of primary amides is 1. The summed E-state index contributed by atoms with van der Waals surface area (Å²) in [5.41, 5.74) is 8.01. The number of hydrogen-bond donors (Lipinski definition) is 2. The highest BCUT2D eigenvalue weighted by atomic mass is 32.1. The molecule has 8 heteroatoms. The van der Waals surface area contributed by atoms with E-state index in [-0.39, 0.29) is 18.2 Å². The van der Waals surface area contributed by atoms with Crippen LogP contribution in [0.1, 0.15) is 5.56 Å². The molecule has 0 aromatic carbocycles. The summed E-state index contributed by atoms with van der Waals surface area (Å²) in [6.07, 6.45) is 0. The third kappa shape index (κ3) is 4.02. The third-order valence-corrected chi connectivity index (χ3v) is 2.34. The Labute approximate surface area is 88.9 Å². The number of nitro groups is 1. The Morgan fingerprint density at radius 2 is 2.47 bits per heavy atom. The largest absolute Gasteiger partial charge is 0.368 e. The quantitative estimate of drug-likeness (QED) is 0.412. The first kappa shape index (κ1) is 11.6. The smallest absolute Gasteiger partial charge is 0.324 e. The summed E-state index contributed by atoms with van der Waals surface area (Å²) in [6, 6.07) is 1.44. The van der Waals surface area contributed by atoms with Gasteiger partial charge in [-0.15, -0.1) is 0 Å². The van der Waals surface area contributed by atoms with Crippen LogP contribution in [0.25, 0.3) is 0 Å². The summed E-state index contributed by atoms with van der Waals surface area (Å²) in [5.74, 6) is -0.584. The molecule has 0 saturated heterocycles. The molecule has 1 aromatic heterocycles. The van der Waals surface area contributed by atoms with Crippen LogP contribution >= 0.6 is 11.3 Å². The first-order valence-corrected chi connectivity index (χ1v) is 4.82. The molecule has 15 heavy (non-hydrogen) atoms. The van der Waals surface area contributed by atoms with E-state index in [1.54, 1.807) is 5.38 Å². The van der Waals surface area contributed by atoms with E-state index in [1.165, 1.54) is 6.07 Å². The van der Waals surface area contributed by atoms with E-state index in [1.807, 2.05) is 0 Å². The zero-order chi connectivity index (χ0) is 11.3. The second-order valence-electron chi connectivity index (χ2n) is 2.63. The minimum absolute atomic E-state index is 0.0710. The Morgan fingerprint density at radius 1 is 1.73 bits per heavy atom. The van der Waals surface area contributed by atoms with Gasteiger partial charge in [-0.1, -0.05) is 11.3 Å². The van der Waals surface area contributed by atoms with Gasteiger partial charge in [0.2, 0.25) is 5.91 Å². The lowest BCUT2D eigenvalue weighted by atomic mass is 10.3. The summed E-state index contributed by atoms with van der Waals surface area (Å²) in [7, 11) is 0. The normalized spacial score (nSPS) is 10.1. The number of amides is 1. The minimum atomic E-state index is -0.584. The molecule has 0 saturated carbocycles. The zero-order valence-corrected chi connectivity index (χ0v) is 8.45. The first-order valence-electron chi connectivity index (χ1n) is 3.94. The van der Waals surface area contributed by atoms with Crippen LogP contribution in [0.3, 0.4) is 0 Å². The van der Waals surface area contributed by atoms with E-state index in [0.717, 1.165) is 16.9 Å². The molecule has 0 spiro atoms. The molecule has 0 aliphatic carbocycles. The van der Waals surface area contributed by atoms with Crippen LogP contribution in [0.15, 0.2) is 11.4 Å². The predicted molar refractivity (Wildman–Crippen MR) is 53.0 cm³/mol. The number of nitrogens with one attached hydrogen (secondary N) is 1. The van der Waals surface area contributed by atoms with Crippen molar-refractivity contribution in [2.24, 2.45) is 5.73 Å². The fourth-order valence-corrected chi connectivity index (χ4v) is 1.54. The van der Waals surface area contributed by atoms with E-state index in [0.29, 0.717) is 0 Å². The molecule has 1 aromatic rings. The summed E-state index contributed by atoms with van der Waals surface area (Å²) in [6.45, 7) is 0.0594. The highest BCUT2D eigenvalue weighted by Crippen LogP contribution is 2.22. The molecule has 7 nitrogen and oxygen atoms in total. The number of nitrogens with zero attached hydrogens (tertiary/aromatic N) is 1. The molecule has 0 aliphatic heterocycles. The van der Waals surface area contributed by atoms with Gasteiger partial charge in [0, 0.05) is 18.0 Å². The van der Waals surface area contributed by atoms with Crippen molar-refractivity contribution in [3.63, 3.8) is 0 Å². The number of rotatable bonds is 6. The maximum Gasteiger partial charge on any atom is 0.324 e. The number of carbonyl (C=O) groups excluding carboxylic acids is 1. The number of thiophene rings is 1. The molecule has 0 radical (unpaired) electrons. The molecule has 3 N–H and O–H groups in total. The van der Waals surface area contributed by atoms with Crippen LogP contribution in [0.4, 0.5) is 5.00 Å². The van der Waals surface area contributed by atoms with Gasteiger partial charge >= 0.3 is 5.00 Å². The molecule has 0 bridgehead atoms. The molecular formula is C7H9N3O4S. The molecule has 82 valence electrons. The lowest BCUT2D eigenvalue weighted by Crippen LogP contribution is -2.24. The highest BCUT2D eigenvalue weighted by Gasteiger charge is 2.08. The van der Waals surface area contributed by atoms with Crippen molar-refractivity contribution in [2.75, 3.05) is 6.61 Å². The Morgan fingerprint density at radius 3 is 3.00 bits per heavy atom. The standard InChI is InChI=1S/C7H9N3O4S/c8-6(11)3-14-9-2-5-1-7(10(12)13)15-4-5/h1,4,9H,2-3H2,(H2,8,11). The van der Waals surface area contributed by atoms with Gasteiger partial charge in [0.15, 0.2) is 0 Å². The highest BCUT2D eigenvalue weighted by molar-refractivity contribution is 7.13. The van der Waals surface area contributed by atoms with E-state index in [9.17, 15) is 14.9 Å². The van der Waals surface area contributed by atoms with Crippen molar-refractivity contribution in [3.05, 3.63) is 27.1 Å². The van der Waals surface area contributed by atoms with Gasteiger partial charge in [-0.2, -0.15) is 5.48 Å². The third-order valence-electron chi connectivity index (χ3n) is 1.41. The number of carbonyl (C=O) groups is 1. The Hall–Kier alpha value is -1.51. The van der Waals surface area contributed by atoms with E-state index in [2.05, 4.69) is 10.3 Å². The maximum atomic E-state index is 10.3. The van der Waals surface area contributed by atoms with Gasteiger partial charge in [-0.05, 0) is 5.56 Å². The number of hydrogen-bond acceptors (Lipinski definition) is 6. The second kappa shape index (κ2) is 5.39. The lowest BCUT2D eigenvalue weighted by Gasteiger charge is -2.00. The van der Waals surface area contributed by atoms with Crippen LogP contribution in [-0.4, -0.2) is 17.4 Å². The molecule has 0 fully saturated rings. The van der Waals surface area contributed by atoms with Crippen molar-refractivity contribution in [1.29, 1.82) is 0 Å². The molecule has 0 aliphatic rings. The number of nitrogens with two attached hydrogens (primary N) is 1. The van der Waals surface area contributed by atoms with Crippen LogP contribution in [0.5, 0.6) is 0 Å². The first-order chi connectivity index (χ1) is 7.09. The Kier molecular flexibility index (Phi) is 4.16. The fraction of sp³-hybridized carbons (Fsp3) is 0.286. The van der Waals surface area contributed by atoms with E-state index >= 15 is 0 Å². The average molecular weight is 231 g/mol. The van der Waals surface area contributed by atoms with Gasteiger partial charge in [0.05, 0.1) is 4.92 Å². The van der Waals surface area contributed by atoms with Crippen molar-refractivity contribution < 1.29 is 14.6 Å². The molecular weight excluding hydrogens is 222 g/mol. The van der Waals surface area contributed by atoms with Gasteiger partial charge in [0.1, 0.15) is 6.61 Å². The van der Waals surface area contributed by atoms with Crippen molar-refractivity contribution in [3.8, 4) is 0 Å². The average Bonchev–Trinajstić information content (AvgIpc) is 2.60. The lowest BCUT2D eigenvalue weighted by molar-refractivity contribution is -0.380. The predicted octanol–water partition coefficient (Wildman–Crippen LogP) is 0.163. The minimum Gasteiger partial charge on any atom is -0.368 e. The van der Waals surface area contributed by atoms with Gasteiger partial charge in [0.25, 0.3) is 0 Å². The summed E-state index contributed by atoms with van der Waals surface area (Å²) in [5, 5.41) is 12.0. The van der Waals surface area contributed by atoms with Crippen LogP contribution in [0, 0.1) is 10.1 Å². The second-order valence-corrected chi connectivity index (χ2v) is 3.52. The van der Waals surface area contributed by atoms with Gasteiger partial charge in [-0.25, -0.2) is 0 Å². The molecule has 0 atom stereocenters. The monoisotopic (exact) mass is 231 g/mol. The molecule has 1 amide bonds. The van der Waals surface area contributed by atoms with Gasteiger partial charge in [-0.3, -0.25) is 19.7 Å². The SMILES string of the molecule is NC(=O)CONCc1csc([N+](=O)[O-])c1. The van der Waals surface area contributed by atoms with Crippen molar-refractivity contribution >= 4 is 22.2 Å². The van der Waals surface area contributed by atoms with E-state index < -0.39 is 10.8 Å². The molecule has 0 unspecified atom stereocenters.